The Kier molecular flexibility index (Phi) is 4.45. The van der Waals surface area contributed by atoms with Crippen LogP contribution in [0.3, 0.4) is 0 Å². The standard InChI is InChI=1S/C16H16ClN3OS/c1-11-6-7-12(8-13(11)17)19-16(21)18-9-20-10-22-15-5-3-2-4-14(15)20/h2-8H,9-10H2,1H3,(H2,18,19,21). The van der Waals surface area contributed by atoms with Gasteiger partial charge in [0.1, 0.15) is 0 Å². The van der Waals surface area contributed by atoms with Crippen LogP contribution in [-0.2, 0) is 0 Å². The van der Waals surface area contributed by atoms with Crippen LogP contribution in [0.1, 0.15) is 5.56 Å². The van der Waals surface area contributed by atoms with Crippen molar-refractivity contribution in [1.82, 2.24) is 5.32 Å². The van der Waals surface area contributed by atoms with Gasteiger partial charge in [0.15, 0.2) is 0 Å². The fourth-order valence-corrected chi connectivity index (χ4v) is 3.43. The van der Waals surface area contributed by atoms with Crippen molar-refractivity contribution in [3.63, 3.8) is 0 Å². The molecule has 22 heavy (non-hydrogen) atoms. The number of nitrogens with one attached hydrogen (secondary N) is 2. The van der Waals surface area contributed by atoms with Crippen molar-refractivity contribution >= 4 is 40.8 Å². The highest BCUT2D eigenvalue weighted by molar-refractivity contribution is 7.99. The molecule has 0 unspecified atom stereocenters. The first-order chi connectivity index (χ1) is 10.6. The molecule has 1 aliphatic rings. The Hall–Kier alpha value is -1.85. The minimum atomic E-state index is -0.241. The van der Waals surface area contributed by atoms with Gasteiger partial charge < -0.3 is 15.5 Å². The molecule has 0 radical (unpaired) electrons. The van der Waals surface area contributed by atoms with Crippen LogP contribution < -0.4 is 15.5 Å². The highest BCUT2D eigenvalue weighted by Gasteiger charge is 2.19. The van der Waals surface area contributed by atoms with E-state index in [0.717, 1.165) is 17.1 Å². The molecule has 1 heterocycles. The number of nitrogens with zero attached hydrogens (tertiary/aromatic N) is 1. The number of hydrogen-bond donors (Lipinski definition) is 2. The molecule has 0 atom stereocenters. The lowest BCUT2D eigenvalue weighted by Gasteiger charge is -2.19. The van der Waals surface area contributed by atoms with Gasteiger partial charge in [-0.25, -0.2) is 4.79 Å². The van der Waals surface area contributed by atoms with E-state index in [2.05, 4.69) is 27.7 Å². The van der Waals surface area contributed by atoms with Gasteiger partial charge in [-0.1, -0.05) is 29.8 Å². The topological polar surface area (TPSA) is 44.4 Å². The van der Waals surface area contributed by atoms with Gasteiger partial charge in [-0.15, -0.1) is 11.8 Å². The van der Waals surface area contributed by atoms with Crippen molar-refractivity contribution in [2.24, 2.45) is 0 Å². The van der Waals surface area contributed by atoms with Crippen LogP contribution in [0.2, 0.25) is 5.02 Å². The largest absolute Gasteiger partial charge is 0.343 e. The number of amides is 2. The van der Waals surface area contributed by atoms with E-state index >= 15 is 0 Å². The molecule has 0 aliphatic carbocycles. The molecule has 6 heteroatoms. The third-order valence-electron chi connectivity index (χ3n) is 3.44. The molecule has 0 saturated heterocycles. The molecule has 2 amide bonds. The number of rotatable bonds is 3. The zero-order valence-corrected chi connectivity index (χ0v) is 13.7. The summed E-state index contributed by atoms with van der Waals surface area (Å²) in [4.78, 5) is 15.4. The van der Waals surface area contributed by atoms with Crippen molar-refractivity contribution in [2.45, 2.75) is 11.8 Å². The summed E-state index contributed by atoms with van der Waals surface area (Å²) in [7, 11) is 0. The Balaban J connectivity index is 1.56. The molecule has 0 fully saturated rings. The number of carbonyl (C=O) groups excluding carboxylic acids is 1. The number of thioether (sulfide) groups is 1. The van der Waals surface area contributed by atoms with Gasteiger partial charge in [0, 0.05) is 15.6 Å². The Morgan fingerprint density at radius 2 is 2.14 bits per heavy atom. The summed E-state index contributed by atoms with van der Waals surface area (Å²) >= 11 is 7.82. The summed E-state index contributed by atoms with van der Waals surface area (Å²) in [5.74, 6) is 0.843. The van der Waals surface area contributed by atoms with Crippen LogP contribution in [0.15, 0.2) is 47.4 Å². The first-order valence-corrected chi connectivity index (χ1v) is 8.27. The van der Waals surface area contributed by atoms with E-state index in [4.69, 9.17) is 11.6 Å². The molecular weight excluding hydrogens is 318 g/mol. The Labute approximate surface area is 138 Å². The number of anilines is 2. The summed E-state index contributed by atoms with van der Waals surface area (Å²) in [6.45, 7) is 2.39. The first kappa shape index (κ1) is 15.1. The number of benzene rings is 2. The second kappa shape index (κ2) is 6.50. The quantitative estimate of drug-likeness (QED) is 0.880. The summed E-state index contributed by atoms with van der Waals surface area (Å²) in [6.07, 6.45) is 0. The molecule has 2 aromatic rings. The second-order valence-corrected chi connectivity index (χ2v) is 6.43. The SMILES string of the molecule is Cc1ccc(NC(=O)NCN2CSc3ccccc32)cc1Cl. The van der Waals surface area contributed by atoms with Crippen molar-refractivity contribution < 1.29 is 4.79 Å². The van der Waals surface area contributed by atoms with Gasteiger partial charge >= 0.3 is 6.03 Å². The van der Waals surface area contributed by atoms with Crippen molar-refractivity contribution in [3.8, 4) is 0 Å². The lowest BCUT2D eigenvalue weighted by Crippen LogP contribution is -2.38. The molecule has 2 aromatic carbocycles. The number of aryl methyl sites for hydroxylation is 1. The molecule has 0 aromatic heterocycles. The summed E-state index contributed by atoms with van der Waals surface area (Å²) in [5.41, 5.74) is 2.83. The van der Waals surface area contributed by atoms with Crippen molar-refractivity contribution in [1.29, 1.82) is 0 Å². The molecule has 3 rings (SSSR count). The van der Waals surface area contributed by atoms with Gasteiger partial charge in [0.2, 0.25) is 0 Å². The molecule has 4 nitrogen and oxygen atoms in total. The average molecular weight is 334 g/mol. The number of fused-ring (bicyclic) bond motifs is 1. The zero-order chi connectivity index (χ0) is 15.5. The number of hydrogen-bond acceptors (Lipinski definition) is 3. The maximum Gasteiger partial charge on any atom is 0.320 e. The highest BCUT2D eigenvalue weighted by atomic mass is 35.5. The molecule has 0 saturated carbocycles. The van der Waals surface area contributed by atoms with Gasteiger partial charge in [-0.3, -0.25) is 0 Å². The predicted molar refractivity (Wildman–Crippen MR) is 92.9 cm³/mol. The summed E-state index contributed by atoms with van der Waals surface area (Å²) < 4.78 is 0. The molecule has 0 spiro atoms. The van der Waals surface area contributed by atoms with E-state index in [0.29, 0.717) is 17.4 Å². The molecule has 1 aliphatic heterocycles. The molecule has 0 bridgehead atoms. The third kappa shape index (κ3) is 3.31. The van der Waals surface area contributed by atoms with Crippen molar-refractivity contribution in [3.05, 3.63) is 53.1 Å². The van der Waals surface area contributed by atoms with Crippen LogP contribution in [0.4, 0.5) is 16.2 Å². The lowest BCUT2D eigenvalue weighted by molar-refractivity contribution is 0.252. The van der Waals surface area contributed by atoms with Crippen LogP contribution in [-0.4, -0.2) is 18.6 Å². The number of urea groups is 1. The zero-order valence-electron chi connectivity index (χ0n) is 12.1. The maximum absolute atomic E-state index is 12.0. The Morgan fingerprint density at radius 3 is 2.95 bits per heavy atom. The van der Waals surface area contributed by atoms with Gasteiger partial charge in [0.25, 0.3) is 0 Å². The number of para-hydroxylation sites is 1. The van der Waals surface area contributed by atoms with Crippen LogP contribution in [0, 0.1) is 6.92 Å². The number of carbonyl (C=O) groups is 1. The van der Waals surface area contributed by atoms with E-state index in [1.165, 1.54) is 4.90 Å². The van der Waals surface area contributed by atoms with E-state index < -0.39 is 0 Å². The van der Waals surface area contributed by atoms with Crippen LogP contribution in [0.25, 0.3) is 0 Å². The fraction of sp³-hybridized carbons (Fsp3) is 0.188. The lowest BCUT2D eigenvalue weighted by atomic mass is 10.2. The molecule has 114 valence electrons. The minimum absolute atomic E-state index is 0.241. The van der Waals surface area contributed by atoms with Crippen LogP contribution >= 0.6 is 23.4 Å². The van der Waals surface area contributed by atoms with E-state index in [-0.39, 0.29) is 6.03 Å². The van der Waals surface area contributed by atoms with Gasteiger partial charge in [-0.05, 0) is 36.8 Å². The number of halogens is 1. The smallest absolute Gasteiger partial charge is 0.320 e. The molecular formula is C16H16ClN3OS. The normalized spacial score (nSPS) is 12.9. The van der Waals surface area contributed by atoms with E-state index in [1.54, 1.807) is 17.8 Å². The van der Waals surface area contributed by atoms with E-state index in [1.807, 2.05) is 31.2 Å². The first-order valence-electron chi connectivity index (χ1n) is 6.91. The summed E-state index contributed by atoms with van der Waals surface area (Å²) in [5, 5.41) is 6.30. The van der Waals surface area contributed by atoms with Crippen molar-refractivity contribution in [2.75, 3.05) is 22.8 Å². The Morgan fingerprint density at radius 1 is 1.32 bits per heavy atom. The maximum atomic E-state index is 12.0. The highest BCUT2D eigenvalue weighted by Crippen LogP contribution is 2.37. The third-order valence-corrected chi connectivity index (χ3v) is 4.95. The summed E-state index contributed by atoms with van der Waals surface area (Å²) in [6, 6.07) is 13.4. The fourth-order valence-electron chi connectivity index (χ4n) is 2.20. The second-order valence-electron chi connectivity index (χ2n) is 5.03. The molecule has 2 N–H and O–H groups in total. The average Bonchev–Trinajstić information content (AvgIpc) is 2.92. The monoisotopic (exact) mass is 333 g/mol. The van der Waals surface area contributed by atoms with Crippen LogP contribution in [0.5, 0.6) is 0 Å². The van der Waals surface area contributed by atoms with Gasteiger partial charge in [-0.2, -0.15) is 0 Å². The van der Waals surface area contributed by atoms with Gasteiger partial charge in [0.05, 0.1) is 18.2 Å². The van der Waals surface area contributed by atoms with E-state index in [9.17, 15) is 4.79 Å². The minimum Gasteiger partial charge on any atom is -0.343 e. The Bertz CT molecular complexity index is 708. The predicted octanol–water partition coefficient (Wildman–Crippen LogP) is 4.30.